The van der Waals surface area contributed by atoms with E-state index in [2.05, 4.69) is 14.7 Å². The zero-order valence-electron chi connectivity index (χ0n) is 9.40. The van der Waals surface area contributed by atoms with E-state index in [4.69, 9.17) is 5.26 Å². The van der Waals surface area contributed by atoms with Gasteiger partial charge in [-0.1, -0.05) is 12.1 Å². The number of nitrogens with one attached hydrogen (secondary N) is 1. The normalized spacial score (nSPS) is 11.1. The second kappa shape index (κ2) is 5.24. The minimum Gasteiger partial charge on any atom is -0.356 e. The molecule has 4 nitrogen and oxygen atoms in total. The van der Waals surface area contributed by atoms with Crippen LogP contribution in [0.1, 0.15) is 17.0 Å². The molecule has 2 aromatic rings. The summed E-state index contributed by atoms with van der Waals surface area (Å²) in [6.45, 7) is 0.318. The van der Waals surface area contributed by atoms with E-state index < -0.39 is 12.0 Å². The van der Waals surface area contributed by atoms with Crippen LogP contribution in [0.4, 0.5) is 18.3 Å². The van der Waals surface area contributed by atoms with Crippen molar-refractivity contribution in [3.8, 4) is 6.07 Å². The number of anilines is 1. The number of alkyl halides is 3. The first-order chi connectivity index (χ1) is 8.99. The van der Waals surface area contributed by atoms with Gasteiger partial charge in [0.25, 0.3) is 0 Å². The maximum atomic E-state index is 12.3. The second-order valence-corrected chi connectivity index (χ2v) is 4.34. The smallest absolute Gasteiger partial charge is 0.356 e. The maximum Gasteiger partial charge on any atom is 0.452 e. The van der Waals surface area contributed by atoms with Crippen LogP contribution >= 0.6 is 11.5 Å². The number of benzene rings is 1. The first-order valence-corrected chi connectivity index (χ1v) is 5.90. The molecule has 1 heterocycles. The number of hydrogen-bond acceptors (Lipinski definition) is 5. The Kier molecular flexibility index (Phi) is 3.66. The fourth-order valence-electron chi connectivity index (χ4n) is 1.29. The summed E-state index contributed by atoms with van der Waals surface area (Å²) in [6.07, 6.45) is -4.52. The Hall–Kier alpha value is -2.14. The largest absolute Gasteiger partial charge is 0.452 e. The second-order valence-electron chi connectivity index (χ2n) is 3.58. The highest BCUT2D eigenvalue weighted by molar-refractivity contribution is 7.09. The highest BCUT2D eigenvalue weighted by atomic mass is 32.1. The van der Waals surface area contributed by atoms with Gasteiger partial charge in [0.2, 0.25) is 11.0 Å². The van der Waals surface area contributed by atoms with Gasteiger partial charge in [0.15, 0.2) is 0 Å². The first kappa shape index (κ1) is 13.3. The lowest BCUT2D eigenvalue weighted by molar-refractivity contribution is -0.144. The molecule has 0 unspecified atom stereocenters. The minimum absolute atomic E-state index is 0.108. The number of aromatic nitrogens is 2. The topological polar surface area (TPSA) is 61.6 Å². The van der Waals surface area contributed by atoms with Crippen LogP contribution in [0.15, 0.2) is 24.3 Å². The quantitative estimate of drug-likeness (QED) is 0.941. The van der Waals surface area contributed by atoms with Crippen molar-refractivity contribution in [3.05, 3.63) is 41.2 Å². The van der Waals surface area contributed by atoms with Crippen LogP contribution in [0, 0.1) is 11.3 Å². The Morgan fingerprint density at radius 1 is 1.26 bits per heavy atom. The highest BCUT2D eigenvalue weighted by Crippen LogP contribution is 2.29. The van der Waals surface area contributed by atoms with E-state index in [1.54, 1.807) is 24.3 Å². The number of nitrogens with zero attached hydrogens (tertiary/aromatic N) is 3. The van der Waals surface area contributed by atoms with E-state index in [1.165, 1.54) is 0 Å². The SMILES string of the molecule is N#Cc1ccc(CNc2nc(C(F)(F)F)ns2)cc1. The molecule has 0 fully saturated rings. The molecule has 2 rings (SSSR count). The van der Waals surface area contributed by atoms with Crippen LogP contribution < -0.4 is 5.32 Å². The molecule has 0 saturated heterocycles. The van der Waals surface area contributed by atoms with Crippen LogP contribution in [0.5, 0.6) is 0 Å². The third-order valence-electron chi connectivity index (χ3n) is 2.21. The van der Waals surface area contributed by atoms with Crippen molar-refractivity contribution in [3.63, 3.8) is 0 Å². The fraction of sp³-hybridized carbons (Fsp3) is 0.182. The van der Waals surface area contributed by atoms with E-state index in [0.29, 0.717) is 23.6 Å². The van der Waals surface area contributed by atoms with E-state index in [1.807, 2.05) is 6.07 Å². The van der Waals surface area contributed by atoms with Crippen molar-refractivity contribution in [1.29, 1.82) is 5.26 Å². The summed E-state index contributed by atoms with van der Waals surface area (Å²) in [5.74, 6) is -1.14. The van der Waals surface area contributed by atoms with Gasteiger partial charge in [-0.05, 0) is 17.7 Å². The summed E-state index contributed by atoms with van der Waals surface area (Å²) in [5.41, 5.74) is 1.36. The Morgan fingerprint density at radius 3 is 2.47 bits per heavy atom. The minimum atomic E-state index is -4.52. The third-order valence-corrected chi connectivity index (χ3v) is 2.88. The van der Waals surface area contributed by atoms with Crippen molar-refractivity contribution >= 4 is 16.7 Å². The molecule has 0 bridgehead atoms. The molecule has 0 spiro atoms. The van der Waals surface area contributed by atoms with Gasteiger partial charge < -0.3 is 5.32 Å². The summed E-state index contributed by atoms with van der Waals surface area (Å²) in [6, 6.07) is 8.70. The van der Waals surface area contributed by atoms with Gasteiger partial charge in [-0.3, -0.25) is 0 Å². The number of rotatable bonds is 3. The van der Waals surface area contributed by atoms with Gasteiger partial charge in [-0.15, -0.1) is 0 Å². The summed E-state index contributed by atoms with van der Waals surface area (Å²) in [7, 11) is 0. The van der Waals surface area contributed by atoms with Crippen molar-refractivity contribution in [1.82, 2.24) is 9.36 Å². The summed E-state index contributed by atoms with van der Waals surface area (Å²) >= 11 is 0.659. The molecule has 0 aliphatic heterocycles. The zero-order valence-corrected chi connectivity index (χ0v) is 10.2. The molecular formula is C11H7F3N4S. The van der Waals surface area contributed by atoms with Crippen molar-refractivity contribution in [2.24, 2.45) is 0 Å². The highest BCUT2D eigenvalue weighted by Gasteiger charge is 2.36. The fourth-order valence-corrected chi connectivity index (χ4v) is 1.87. The summed E-state index contributed by atoms with van der Waals surface area (Å²) in [4.78, 5) is 3.35. The van der Waals surface area contributed by atoms with Crippen LogP contribution in [-0.4, -0.2) is 9.36 Å². The molecule has 1 aromatic carbocycles. The zero-order chi connectivity index (χ0) is 13.9. The van der Waals surface area contributed by atoms with Gasteiger partial charge >= 0.3 is 6.18 Å². The molecule has 0 atom stereocenters. The molecule has 1 N–H and O–H groups in total. The molecule has 8 heteroatoms. The van der Waals surface area contributed by atoms with Crippen molar-refractivity contribution < 1.29 is 13.2 Å². The van der Waals surface area contributed by atoms with Crippen LogP contribution in [-0.2, 0) is 12.7 Å². The molecule has 0 radical (unpaired) electrons. The summed E-state index contributed by atoms with van der Waals surface area (Å²) < 4.78 is 40.0. The molecular weight excluding hydrogens is 277 g/mol. The molecule has 0 amide bonds. The van der Waals surface area contributed by atoms with Crippen LogP contribution in [0.2, 0.25) is 0 Å². The van der Waals surface area contributed by atoms with Gasteiger partial charge in [0.1, 0.15) is 0 Å². The monoisotopic (exact) mass is 284 g/mol. The Bertz CT molecular complexity index is 598. The van der Waals surface area contributed by atoms with Gasteiger partial charge in [-0.25, -0.2) is 0 Å². The van der Waals surface area contributed by atoms with Crippen LogP contribution in [0.3, 0.4) is 0 Å². The van der Waals surface area contributed by atoms with Crippen molar-refractivity contribution in [2.45, 2.75) is 12.7 Å². The summed E-state index contributed by atoms with van der Waals surface area (Å²) in [5, 5.41) is 11.5. The Labute approximate surface area is 110 Å². The Balaban J connectivity index is 1.99. The molecule has 0 aliphatic rings. The van der Waals surface area contributed by atoms with Crippen molar-refractivity contribution in [2.75, 3.05) is 5.32 Å². The number of halogens is 3. The lowest BCUT2D eigenvalue weighted by Gasteiger charge is -2.02. The van der Waals surface area contributed by atoms with Gasteiger partial charge in [0, 0.05) is 18.1 Å². The average Bonchev–Trinajstić information content (AvgIpc) is 2.86. The molecule has 98 valence electrons. The standard InChI is InChI=1S/C11H7F3N4S/c12-11(13,14)9-17-10(19-18-9)16-6-8-3-1-7(5-15)2-4-8/h1-4H,6H2,(H,16,17,18). The first-order valence-electron chi connectivity index (χ1n) is 5.13. The lowest BCUT2D eigenvalue weighted by Crippen LogP contribution is -2.07. The maximum absolute atomic E-state index is 12.3. The molecule has 0 aliphatic carbocycles. The Morgan fingerprint density at radius 2 is 1.95 bits per heavy atom. The van der Waals surface area contributed by atoms with E-state index >= 15 is 0 Å². The van der Waals surface area contributed by atoms with Gasteiger partial charge in [0.05, 0.1) is 11.6 Å². The average molecular weight is 284 g/mol. The van der Waals surface area contributed by atoms with Gasteiger partial charge in [-0.2, -0.15) is 27.8 Å². The molecule has 1 aromatic heterocycles. The predicted octanol–water partition coefficient (Wildman–Crippen LogP) is 3.04. The van der Waals surface area contributed by atoms with E-state index in [0.717, 1.165) is 5.56 Å². The molecule has 0 saturated carbocycles. The third kappa shape index (κ3) is 3.42. The number of hydrogen-bond donors (Lipinski definition) is 1. The molecule has 19 heavy (non-hydrogen) atoms. The predicted molar refractivity (Wildman–Crippen MR) is 63.4 cm³/mol. The lowest BCUT2D eigenvalue weighted by atomic mass is 10.1. The van der Waals surface area contributed by atoms with Crippen LogP contribution in [0.25, 0.3) is 0 Å². The number of nitriles is 1. The van der Waals surface area contributed by atoms with E-state index in [9.17, 15) is 13.2 Å². The van der Waals surface area contributed by atoms with E-state index in [-0.39, 0.29) is 5.13 Å².